The molecule has 0 bridgehead atoms. The first kappa shape index (κ1) is 13.0. The van der Waals surface area contributed by atoms with Gasteiger partial charge in [0, 0.05) is 11.1 Å². The molecule has 1 aliphatic rings. The van der Waals surface area contributed by atoms with E-state index in [1.165, 1.54) is 6.07 Å². The lowest BCUT2D eigenvalue weighted by molar-refractivity contribution is -0.144. The second-order valence-corrected chi connectivity index (χ2v) is 4.00. The maximum Gasteiger partial charge on any atom is 0.325 e. The van der Waals surface area contributed by atoms with Gasteiger partial charge in [0.15, 0.2) is 0 Å². The van der Waals surface area contributed by atoms with Crippen molar-refractivity contribution < 1.29 is 18.7 Å². The van der Waals surface area contributed by atoms with Gasteiger partial charge in [-0.1, -0.05) is 0 Å². The first-order chi connectivity index (χ1) is 9.08. The normalized spacial score (nSPS) is 17.0. The number of ether oxygens (including phenoxy) is 1. The Bertz CT molecular complexity index is 580. The zero-order chi connectivity index (χ0) is 14.0. The van der Waals surface area contributed by atoms with Crippen molar-refractivity contribution in [2.75, 3.05) is 13.2 Å². The highest BCUT2D eigenvalue weighted by Gasteiger charge is 2.38. The molecule has 2 rings (SSSR count). The van der Waals surface area contributed by atoms with Crippen LogP contribution in [-0.4, -0.2) is 29.9 Å². The van der Waals surface area contributed by atoms with Gasteiger partial charge < -0.3 is 9.64 Å². The van der Waals surface area contributed by atoms with Gasteiger partial charge in [-0.05, 0) is 25.1 Å². The quantitative estimate of drug-likeness (QED) is 0.772. The molecule has 1 aromatic rings. The predicted octanol–water partition coefficient (Wildman–Crippen LogP) is 1.41. The summed E-state index contributed by atoms with van der Waals surface area (Å²) in [5.74, 6) is -1.58. The van der Waals surface area contributed by atoms with Gasteiger partial charge in [-0.25, -0.2) is 4.39 Å². The second kappa shape index (κ2) is 5.06. The summed E-state index contributed by atoms with van der Waals surface area (Å²) < 4.78 is 17.9. The van der Waals surface area contributed by atoms with Crippen LogP contribution in [0.25, 0.3) is 0 Å². The van der Waals surface area contributed by atoms with Crippen molar-refractivity contribution in [1.82, 2.24) is 4.90 Å². The molecule has 1 aliphatic heterocycles. The van der Waals surface area contributed by atoms with Crippen molar-refractivity contribution in [3.8, 4) is 6.07 Å². The molecule has 5 nitrogen and oxygen atoms in total. The van der Waals surface area contributed by atoms with E-state index in [-0.39, 0.29) is 24.3 Å². The van der Waals surface area contributed by atoms with E-state index in [1.807, 2.05) is 6.07 Å². The van der Waals surface area contributed by atoms with Gasteiger partial charge in [0.25, 0.3) is 5.91 Å². The molecule has 0 saturated heterocycles. The molecule has 0 spiro atoms. The number of hydrogen-bond acceptors (Lipinski definition) is 4. The maximum absolute atomic E-state index is 13.2. The lowest BCUT2D eigenvalue weighted by atomic mass is 10.1. The van der Waals surface area contributed by atoms with Crippen LogP contribution in [0.3, 0.4) is 0 Å². The third-order valence-corrected chi connectivity index (χ3v) is 2.84. The van der Waals surface area contributed by atoms with E-state index in [2.05, 4.69) is 0 Å². The van der Waals surface area contributed by atoms with Crippen LogP contribution in [0.1, 0.15) is 28.9 Å². The molecule has 0 aromatic heterocycles. The number of carbonyl (C=O) groups is 2. The Hall–Kier alpha value is -2.42. The highest BCUT2D eigenvalue weighted by atomic mass is 19.1. The molecule has 1 heterocycles. The number of rotatable bonds is 3. The first-order valence-electron chi connectivity index (χ1n) is 5.74. The van der Waals surface area contributed by atoms with Crippen LogP contribution < -0.4 is 0 Å². The summed E-state index contributed by atoms with van der Waals surface area (Å²) in [7, 11) is 0. The summed E-state index contributed by atoms with van der Waals surface area (Å²) in [6.45, 7) is 1.52. The van der Waals surface area contributed by atoms with Gasteiger partial charge in [0.2, 0.25) is 0 Å². The molecule has 1 atom stereocenters. The molecule has 0 saturated carbocycles. The summed E-state index contributed by atoms with van der Waals surface area (Å²) >= 11 is 0. The molecule has 1 unspecified atom stereocenters. The Balaban J connectivity index is 2.31. The Kier molecular flexibility index (Phi) is 3.47. The molecule has 0 aliphatic carbocycles. The molecule has 19 heavy (non-hydrogen) atoms. The summed E-state index contributed by atoms with van der Waals surface area (Å²) in [4.78, 5) is 24.6. The third kappa shape index (κ3) is 2.27. The minimum atomic E-state index is -0.956. The summed E-state index contributed by atoms with van der Waals surface area (Å²) in [5.41, 5.74) is 0.536. The van der Waals surface area contributed by atoms with E-state index in [0.717, 1.165) is 17.0 Å². The number of nitrogens with zero attached hydrogens (tertiary/aromatic N) is 2. The van der Waals surface area contributed by atoms with Crippen LogP contribution in [0, 0.1) is 17.1 Å². The van der Waals surface area contributed by atoms with Crippen LogP contribution in [-0.2, 0) is 9.53 Å². The summed E-state index contributed by atoms with van der Waals surface area (Å²) in [6.07, 6.45) is 0. The Morgan fingerprint density at radius 2 is 2.32 bits per heavy atom. The number of halogens is 1. The van der Waals surface area contributed by atoms with Gasteiger partial charge in [0.1, 0.15) is 18.4 Å². The van der Waals surface area contributed by atoms with E-state index < -0.39 is 23.7 Å². The number of amides is 1. The number of esters is 1. The zero-order valence-electron chi connectivity index (χ0n) is 10.2. The lowest BCUT2D eigenvalue weighted by Crippen LogP contribution is -2.33. The topological polar surface area (TPSA) is 70.4 Å². The van der Waals surface area contributed by atoms with Gasteiger partial charge in [-0.15, -0.1) is 0 Å². The summed E-state index contributed by atoms with van der Waals surface area (Å²) in [6, 6.07) is 4.57. The highest BCUT2D eigenvalue weighted by molar-refractivity contribution is 6.01. The number of hydrogen-bond donors (Lipinski definition) is 0. The number of carbonyl (C=O) groups excluding carboxylic acids is 2. The van der Waals surface area contributed by atoms with Crippen molar-refractivity contribution in [1.29, 1.82) is 5.26 Å². The molecule has 6 heteroatoms. The first-order valence-corrected chi connectivity index (χ1v) is 5.74. The van der Waals surface area contributed by atoms with E-state index in [9.17, 15) is 14.0 Å². The van der Waals surface area contributed by atoms with Gasteiger partial charge in [0.05, 0.1) is 12.7 Å². The fourth-order valence-electron chi connectivity index (χ4n) is 2.04. The van der Waals surface area contributed by atoms with Crippen LogP contribution >= 0.6 is 0 Å². The Morgan fingerprint density at radius 1 is 1.58 bits per heavy atom. The van der Waals surface area contributed by atoms with E-state index >= 15 is 0 Å². The lowest BCUT2D eigenvalue weighted by Gasteiger charge is -2.18. The van der Waals surface area contributed by atoms with E-state index in [1.54, 1.807) is 6.92 Å². The molecule has 0 radical (unpaired) electrons. The standard InChI is InChI=1S/C13H11FN2O3/c1-2-19-12(17)7-16-11(6-15)10-5-8(14)3-4-9(10)13(16)18/h3-5,11H,2,7H2,1H3. The Labute approximate surface area is 109 Å². The number of fused-ring (bicyclic) bond motifs is 1. The molecular formula is C13H11FN2O3. The molecule has 0 N–H and O–H groups in total. The fraction of sp³-hybridized carbons (Fsp3) is 0.308. The Morgan fingerprint density at radius 3 is 2.95 bits per heavy atom. The molecule has 1 amide bonds. The second-order valence-electron chi connectivity index (χ2n) is 4.00. The molecular weight excluding hydrogens is 251 g/mol. The highest BCUT2D eigenvalue weighted by Crippen LogP contribution is 2.33. The van der Waals surface area contributed by atoms with E-state index in [4.69, 9.17) is 10.00 Å². The fourth-order valence-corrected chi connectivity index (χ4v) is 2.04. The third-order valence-electron chi connectivity index (χ3n) is 2.84. The van der Waals surface area contributed by atoms with Crippen LogP contribution in [0.4, 0.5) is 4.39 Å². The minimum Gasteiger partial charge on any atom is -0.465 e. The number of benzene rings is 1. The van der Waals surface area contributed by atoms with Crippen molar-refractivity contribution >= 4 is 11.9 Å². The maximum atomic E-state index is 13.2. The van der Waals surface area contributed by atoms with Crippen LogP contribution in [0.2, 0.25) is 0 Å². The monoisotopic (exact) mass is 262 g/mol. The largest absolute Gasteiger partial charge is 0.465 e. The summed E-state index contributed by atoms with van der Waals surface area (Å²) in [5, 5.41) is 9.12. The van der Waals surface area contributed by atoms with Crippen LogP contribution in [0.5, 0.6) is 0 Å². The molecule has 98 valence electrons. The van der Waals surface area contributed by atoms with Crippen molar-refractivity contribution in [3.63, 3.8) is 0 Å². The average Bonchev–Trinajstić information content (AvgIpc) is 2.62. The minimum absolute atomic E-state index is 0.194. The van der Waals surface area contributed by atoms with Gasteiger partial charge >= 0.3 is 5.97 Å². The van der Waals surface area contributed by atoms with Crippen LogP contribution in [0.15, 0.2) is 18.2 Å². The smallest absolute Gasteiger partial charge is 0.325 e. The van der Waals surface area contributed by atoms with Gasteiger partial charge in [-0.3, -0.25) is 9.59 Å². The van der Waals surface area contributed by atoms with Crippen molar-refractivity contribution in [2.45, 2.75) is 13.0 Å². The van der Waals surface area contributed by atoms with Gasteiger partial charge in [-0.2, -0.15) is 5.26 Å². The van der Waals surface area contributed by atoms with Crippen molar-refractivity contribution in [3.05, 3.63) is 35.1 Å². The van der Waals surface area contributed by atoms with E-state index in [0.29, 0.717) is 0 Å². The van der Waals surface area contributed by atoms with Crippen molar-refractivity contribution in [2.24, 2.45) is 0 Å². The number of nitriles is 1. The predicted molar refractivity (Wildman–Crippen MR) is 62.4 cm³/mol. The molecule has 0 fully saturated rings. The SMILES string of the molecule is CCOC(=O)CN1C(=O)c2ccc(F)cc2C1C#N. The average molecular weight is 262 g/mol. The zero-order valence-corrected chi connectivity index (χ0v) is 10.2. The molecule has 1 aromatic carbocycles.